The molecule has 1 aromatic rings. The van der Waals surface area contributed by atoms with E-state index in [4.69, 9.17) is 5.84 Å². The molecule has 112 valence electrons. The van der Waals surface area contributed by atoms with Crippen molar-refractivity contribution in [3.8, 4) is 0 Å². The fourth-order valence-electron chi connectivity index (χ4n) is 1.81. The van der Waals surface area contributed by atoms with E-state index in [2.05, 4.69) is 0 Å². The number of nitrogens with one attached hydrogen (secondary N) is 1. The van der Waals surface area contributed by atoms with E-state index in [0.717, 1.165) is 12.1 Å². The van der Waals surface area contributed by atoms with Gasteiger partial charge in [-0.2, -0.15) is 0 Å². The number of nitrogens with two attached hydrogens (primary N) is 1. The van der Waals surface area contributed by atoms with Crippen LogP contribution >= 0.6 is 0 Å². The number of anilines is 1. The van der Waals surface area contributed by atoms with Crippen LogP contribution in [0, 0.1) is 11.6 Å². The van der Waals surface area contributed by atoms with E-state index < -0.39 is 28.8 Å². The molecule has 7 heteroatoms. The Balaban J connectivity index is 3.07. The molecule has 0 saturated carbocycles. The second-order valence-electron chi connectivity index (χ2n) is 5.09. The van der Waals surface area contributed by atoms with Crippen LogP contribution in [0.4, 0.5) is 14.5 Å². The van der Waals surface area contributed by atoms with E-state index >= 15 is 0 Å². The number of nitrogens with zero attached hydrogens (tertiary/aromatic N) is 1. The Morgan fingerprint density at radius 2 is 1.90 bits per heavy atom. The lowest BCUT2D eigenvalue weighted by molar-refractivity contribution is 0.0314. The van der Waals surface area contributed by atoms with Crippen molar-refractivity contribution in [1.82, 2.24) is 4.90 Å². The molecule has 0 saturated heterocycles. The summed E-state index contributed by atoms with van der Waals surface area (Å²) in [4.78, 5) is 13.5. The second kappa shape index (κ2) is 6.15. The molecule has 0 aliphatic rings. The number of nitrogen functional groups attached to an aromatic ring is 1. The third-order valence-electron chi connectivity index (χ3n) is 2.68. The van der Waals surface area contributed by atoms with Crippen molar-refractivity contribution in [3.05, 3.63) is 29.3 Å². The highest BCUT2D eigenvalue weighted by Gasteiger charge is 2.24. The van der Waals surface area contributed by atoms with E-state index in [1.165, 1.54) is 4.90 Å². The third kappa shape index (κ3) is 3.88. The largest absolute Gasteiger partial charge is 0.389 e. The molecule has 0 fully saturated rings. The summed E-state index contributed by atoms with van der Waals surface area (Å²) in [7, 11) is 0. The van der Waals surface area contributed by atoms with Gasteiger partial charge in [0, 0.05) is 18.7 Å². The molecule has 0 unspecified atom stereocenters. The highest BCUT2D eigenvalue weighted by atomic mass is 19.1. The zero-order chi connectivity index (χ0) is 15.5. The van der Waals surface area contributed by atoms with Crippen molar-refractivity contribution in [2.45, 2.75) is 26.4 Å². The van der Waals surface area contributed by atoms with Crippen molar-refractivity contribution in [3.63, 3.8) is 0 Å². The lowest BCUT2D eigenvalue weighted by atomic mass is 10.1. The van der Waals surface area contributed by atoms with Gasteiger partial charge in [0.2, 0.25) is 0 Å². The monoisotopic (exact) mass is 287 g/mol. The number of rotatable bonds is 5. The Kier molecular flexibility index (Phi) is 5.02. The van der Waals surface area contributed by atoms with Gasteiger partial charge in [-0.15, -0.1) is 0 Å². The molecule has 5 nitrogen and oxygen atoms in total. The Labute approximate surface area is 116 Å². The van der Waals surface area contributed by atoms with Gasteiger partial charge in [-0.05, 0) is 32.9 Å². The zero-order valence-electron chi connectivity index (χ0n) is 11.7. The summed E-state index contributed by atoms with van der Waals surface area (Å²) in [5.41, 5.74) is 0.173. The average molecular weight is 287 g/mol. The van der Waals surface area contributed by atoms with Gasteiger partial charge < -0.3 is 15.4 Å². The normalized spacial score (nSPS) is 11.3. The number of likely N-dealkylation sites (N-methyl/N-ethyl adjacent to an activating group) is 1. The lowest BCUT2D eigenvalue weighted by Crippen LogP contribution is -2.42. The van der Waals surface area contributed by atoms with Gasteiger partial charge in [-0.25, -0.2) is 8.78 Å². The Morgan fingerprint density at radius 1 is 1.40 bits per heavy atom. The maximum absolute atomic E-state index is 13.6. The molecule has 0 heterocycles. The Morgan fingerprint density at radius 3 is 2.25 bits per heavy atom. The highest BCUT2D eigenvalue weighted by molar-refractivity contribution is 5.94. The highest BCUT2D eigenvalue weighted by Crippen LogP contribution is 2.21. The number of carbonyl (C=O) groups excluding carboxylic acids is 1. The van der Waals surface area contributed by atoms with Crippen molar-refractivity contribution >= 4 is 11.6 Å². The van der Waals surface area contributed by atoms with Crippen LogP contribution in [0.25, 0.3) is 0 Å². The van der Waals surface area contributed by atoms with Gasteiger partial charge in [-0.1, -0.05) is 0 Å². The topological polar surface area (TPSA) is 78.6 Å². The van der Waals surface area contributed by atoms with Crippen molar-refractivity contribution in [1.29, 1.82) is 0 Å². The van der Waals surface area contributed by atoms with E-state index in [-0.39, 0.29) is 12.1 Å². The molecule has 0 radical (unpaired) electrons. The second-order valence-corrected chi connectivity index (χ2v) is 5.09. The first-order valence-electron chi connectivity index (χ1n) is 6.17. The third-order valence-corrected chi connectivity index (χ3v) is 2.68. The van der Waals surface area contributed by atoms with Crippen LogP contribution in [0.15, 0.2) is 12.1 Å². The Bertz CT molecular complexity index is 478. The molecule has 0 spiro atoms. The molecular formula is C13H19F2N3O2. The summed E-state index contributed by atoms with van der Waals surface area (Å²) in [5.74, 6) is 2.53. The van der Waals surface area contributed by atoms with Crippen LogP contribution in [-0.2, 0) is 0 Å². The number of hydrazine groups is 1. The summed E-state index contributed by atoms with van der Waals surface area (Å²) in [6.45, 7) is 5.18. The minimum absolute atomic E-state index is 0.0580. The minimum atomic E-state index is -1.10. The van der Waals surface area contributed by atoms with Gasteiger partial charge >= 0.3 is 0 Å². The molecule has 0 aliphatic carbocycles. The number of halogens is 2. The fraction of sp³-hybridized carbons (Fsp3) is 0.462. The van der Waals surface area contributed by atoms with Crippen LogP contribution in [0.5, 0.6) is 0 Å². The Hall–Kier alpha value is -1.73. The molecule has 1 amide bonds. The van der Waals surface area contributed by atoms with E-state index in [1.807, 2.05) is 5.43 Å². The minimum Gasteiger partial charge on any atom is -0.389 e. The van der Waals surface area contributed by atoms with Crippen LogP contribution in [0.2, 0.25) is 0 Å². The van der Waals surface area contributed by atoms with Crippen molar-refractivity contribution < 1.29 is 18.7 Å². The number of aliphatic hydroxyl groups is 1. The molecule has 0 atom stereocenters. The number of carbonyl (C=O) groups is 1. The first-order chi connectivity index (χ1) is 9.19. The van der Waals surface area contributed by atoms with Gasteiger partial charge in [-0.3, -0.25) is 10.6 Å². The van der Waals surface area contributed by atoms with Gasteiger partial charge in [0.1, 0.15) is 5.69 Å². The molecule has 0 aromatic heterocycles. The van der Waals surface area contributed by atoms with Crippen molar-refractivity contribution in [2.75, 3.05) is 18.5 Å². The maximum atomic E-state index is 13.6. The summed E-state index contributed by atoms with van der Waals surface area (Å²) in [5, 5.41) is 9.74. The van der Waals surface area contributed by atoms with Gasteiger partial charge in [0.25, 0.3) is 5.91 Å². The lowest BCUT2D eigenvalue weighted by Gasteiger charge is -2.28. The predicted molar refractivity (Wildman–Crippen MR) is 72.0 cm³/mol. The summed E-state index contributed by atoms with van der Waals surface area (Å²) in [6, 6.07) is 1.82. The number of hydrogen-bond donors (Lipinski definition) is 3. The van der Waals surface area contributed by atoms with Crippen LogP contribution in [0.3, 0.4) is 0 Å². The number of benzene rings is 1. The summed E-state index contributed by atoms with van der Waals surface area (Å²) in [6.07, 6.45) is 0. The molecule has 20 heavy (non-hydrogen) atoms. The fourth-order valence-corrected chi connectivity index (χ4v) is 1.81. The van der Waals surface area contributed by atoms with Crippen molar-refractivity contribution in [2.24, 2.45) is 5.84 Å². The van der Waals surface area contributed by atoms with E-state index in [9.17, 15) is 18.7 Å². The van der Waals surface area contributed by atoms with Crippen LogP contribution < -0.4 is 11.3 Å². The zero-order valence-corrected chi connectivity index (χ0v) is 11.7. The maximum Gasteiger partial charge on any atom is 0.254 e. The smallest absolute Gasteiger partial charge is 0.254 e. The van der Waals surface area contributed by atoms with Crippen LogP contribution in [0.1, 0.15) is 31.1 Å². The van der Waals surface area contributed by atoms with Crippen LogP contribution in [-0.4, -0.2) is 34.6 Å². The summed E-state index contributed by atoms with van der Waals surface area (Å²) >= 11 is 0. The number of hydrogen-bond acceptors (Lipinski definition) is 4. The molecule has 4 N–H and O–H groups in total. The standard InChI is InChI=1S/C13H19F2N3O2/c1-4-18(7-13(2,3)20)12(19)8-5-9(14)11(17-16)10(15)6-8/h5-6,17,20H,4,7,16H2,1-3H3. The van der Waals surface area contributed by atoms with Gasteiger partial charge in [0.05, 0.1) is 5.60 Å². The number of amides is 1. The average Bonchev–Trinajstić information content (AvgIpc) is 2.33. The van der Waals surface area contributed by atoms with E-state index in [0.29, 0.717) is 6.54 Å². The molecule has 0 aliphatic heterocycles. The molecule has 1 aromatic carbocycles. The molecule has 0 bridgehead atoms. The molecule has 1 rings (SSSR count). The first-order valence-corrected chi connectivity index (χ1v) is 6.17. The van der Waals surface area contributed by atoms with Gasteiger partial charge in [0.15, 0.2) is 11.6 Å². The first kappa shape index (κ1) is 16.3. The predicted octanol–water partition coefficient (Wildman–Crippen LogP) is 1.48. The quantitative estimate of drug-likeness (QED) is 0.566. The molecular weight excluding hydrogens is 268 g/mol. The van der Waals surface area contributed by atoms with E-state index in [1.54, 1.807) is 20.8 Å². The summed E-state index contributed by atoms with van der Waals surface area (Å²) < 4.78 is 27.1. The SMILES string of the molecule is CCN(CC(C)(C)O)C(=O)c1cc(F)c(NN)c(F)c1.